The summed E-state index contributed by atoms with van der Waals surface area (Å²) in [6, 6.07) is 0. The Kier molecular flexibility index (Phi) is 13.7. The molecule has 1 rings (SSSR count). The van der Waals surface area contributed by atoms with Crippen LogP contribution in [0.1, 0.15) is 103 Å². The molecule has 0 bridgehead atoms. The molecule has 0 aromatic heterocycles. The van der Waals surface area contributed by atoms with Crippen LogP contribution in [-0.2, 0) is 19.2 Å². The van der Waals surface area contributed by atoms with Crippen molar-refractivity contribution in [2.75, 3.05) is 0 Å². The van der Waals surface area contributed by atoms with E-state index in [0.29, 0.717) is 30.6 Å². The van der Waals surface area contributed by atoms with Crippen molar-refractivity contribution in [2.45, 2.75) is 103 Å². The summed E-state index contributed by atoms with van der Waals surface area (Å²) in [6.45, 7) is 2.33. The maximum atomic E-state index is 10.9. The number of aliphatic carboxylic acids is 4. The summed E-state index contributed by atoms with van der Waals surface area (Å²) < 4.78 is 0. The molecule has 8 nitrogen and oxygen atoms in total. The van der Waals surface area contributed by atoms with Crippen LogP contribution in [0.3, 0.4) is 0 Å². The molecular weight excluding hydrogens is 428 g/mol. The van der Waals surface area contributed by atoms with Gasteiger partial charge in [-0.1, -0.05) is 84.0 Å². The van der Waals surface area contributed by atoms with E-state index in [9.17, 15) is 19.2 Å². The van der Waals surface area contributed by atoms with Crippen LogP contribution in [0.4, 0.5) is 0 Å². The first-order valence-electron chi connectivity index (χ1n) is 12.6. The van der Waals surface area contributed by atoms with Crippen molar-refractivity contribution >= 4 is 23.9 Å². The molecule has 0 saturated heterocycles. The first kappa shape index (κ1) is 28.9. The Balaban J connectivity index is 2.27. The third-order valence-electron chi connectivity index (χ3n) is 7.36. The standard InChI is InChI=1S/C25H42O8/c1-17-11-10-13-18(12-6-2-3-8-15-20(22(26)27)23(28)29)19(17)14-7-4-5-9-16-21(24(30)31)25(32)33/h17-21H,2-16H2,1H3,(H,26,27)(H,28,29)(H,30,31)(H,32,33). The van der Waals surface area contributed by atoms with Gasteiger partial charge >= 0.3 is 23.9 Å². The molecule has 3 unspecified atom stereocenters. The van der Waals surface area contributed by atoms with Crippen molar-refractivity contribution in [2.24, 2.45) is 29.6 Å². The molecule has 33 heavy (non-hydrogen) atoms. The van der Waals surface area contributed by atoms with Gasteiger partial charge in [0.15, 0.2) is 11.8 Å². The Labute approximate surface area is 196 Å². The van der Waals surface area contributed by atoms with E-state index < -0.39 is 35.7 Å². The van der Waals surface area contributed by atoms with Gasteiger partial charge in [0.25, 0.3) is 0 Å². The molecule has 1 aliphatic rings. The maximum Gasteiger partial charge on any atom is 0.317 e. The van der Waals surface area contributed by atoms with Gasteiger partial charge in [0.1, 0.15) is 0 Å². The van der Waals surface area contributed by atoms with E-state index in [1.165, 1.54) is 19.3 Å². The molecule has 1 fully saturated rings. The van der Waals surface area contributed by atoms with E-state index in [1.807, 2.05) is 0 Å². The molecule has 1 saturated carbocycles. The molecule has 1 aliphatic carbocycles. The lowest BCUT2D eigenvalue weighted by Gasteiger charge is -2.37. The van der Waals surface area contributed by atoms with Gasteiger partial charge in [-0.3, -0.25) is 19.2 Å². The average molecular weight is 471 g/mol. The zero-order valence-electron chi connectivity index (χ0n) is 19.9. The lowest BCUT2D eigenvalue weighted by Crippen LogP contribution is -2.26. The predicted molar refractivity (Wildman–Crippen MR) is 123 cm³/mol. The molecular formula is C25H42O8. The second kappa shape index (κ2) is 15.7. The Bertz CT molecular complexity index is 604. The average Bonchev–Trinajstić information content (AvgIpc) is 2.72. The van der Waals surface area contributed by atoms with Crippen molar-refractivity contribution in [3.63, 3.8) is 0 Å². The molecule has 8 heteroatoms. The second-order valence-electron chi connectivity index (χ2n) is 9.77. The Morgan fingerprint density at radius 1 is 0.636 bits per heavy atom. The molecule has 0 heterocycles. The van der Waals surface area contributed by atoms with Crippen LogP contribution in [0, 0.1) is 29.6 Å². The van der Waals surface area contributed by atoms with Crippen molar-refractivity contribution in [3.8, 4) is 0 Å². The Hall–Kier alpha value is -2.12. The smallest absolute Gasteiger partial charge is 0.317 e. The lowest BCUT2D eigenvalue weighted by molar-refractivity contribution is -0.156. The van der Waals surface area contributed by atoms with Gasteiger partial charge in [-0.25, -0.2) is 0 Å². The normalized spacial score (nSPS) is 20.8. The topological polar surface area (TPSA) is 149 Å². The van der Waals surface area contributed by atoms with E-state index >= 15 is 0 Å². The van der Waals surface area contributed by atoms with Crippen molar-refractivity contribution in [1.82, 2.24) is 0 Å². The third-order valence-corrected chi connectivity index (χ3v) is 7.36. The number of unbranched alkanes of at least 4 members (excludes halogenated alkanes) is 6. The highest BCUT2D eigenvalue weighted by Gasteiger charge is 2.30. The van der Waals surface area contributed by atoms with E-state index in [1.54, 1.807) is 0 Å². The van der Waals surface area contributed by atoms with E-state index in [-0.39, 0.29) is 12.8 Å². The van der Waals surface area contributed by atoms with E-state index in [2.05, 4.69) is 6.92 Å². The van der Waals surface area contributed by atoms with Gasteiger partial charge in [-0.15, -0.1) is 0 Å². The molecule has 0 aliphatic heterocycles. The number of carboxylic acids is 4. The Morgan fingerprint density at radius 2 is 1.06 bits per heavy atom. The van der Waals surface area contributed by atoms with Crippen molar-refractivity contribution in [1.29, 1.82) is 0 Å². The zero-order chi connectivity index (χ0) is 24.8. The zero-order valence-corrected chi connectivity index (χ0v) is 19.9. The molecule has 0 amide bonds. The maximum absolute atomic E-state index is 10.9. The fourth-order valence-electron chi connectivity index (χ4n) is 5.37. The van der Waals surface area contributed by atoms with Crippen molar-refractivity contribution < 1.29 is 39.6 Å². The molecule has 190 valence electrons. The predicted octanol–water partition coefficient (Wildman–Crippen LogP) is 5.29. The summed E-state index contributed by atoms with van der Waals surface area (Å²) in [5, 5.41) is 35.7. The first-order chi connectivity index (χ1) is 15.6. The van der Waals surface area contributed by atoms with Gasteiger partial charge in [0, 0.05) is 0 Å². The minimum atomic E-state index is -1.30. The third kappa shape index (κ3) is 11.0. The summed E-state index contributed by atoms with van der Waals surface area (Å²) in [5.41, 5.74) is 0. The lowest BCUT2D eigenvalue weighted by atomic mass is 9.69. The number of hydrogen-bond donors (Lipinski definition) is 4. The van der Waals surface area contributed by atoms with Crippen LogP contribution < -0.4 is 0 Å². The molecule has 0 radical (unpaired) electrons. The SMILES string of the molecule is CC1CCCC(CCCCCCC(C(=O)O)C(=O)O)C1CCCCCCC(C(=O)O)C(=O)O. The van der Waals surface area contributed by atoms with Gasteiger partial charge < -0.3 is 20.4 Å². The minimum absolute atomic E-state index is 0.187. The largest absolute Gasteiger partial charge is 0.481 e. The van der Waals surface area contributed by atoms with Gasteiger partial charge in [-0.05, 0) is 37.0 Å². The van der Waals surface area contributed by atoms with Crippen LogP contribution in [0.2, 0.25) is 0 Å². The summed E-state index contributed by atoms with van der Waals surface area (Å²) >= 11 is 0. The molecule has 3 atom stereocenters. The number of hydrogen-bond acceptors (Lipinski definition) is 4. The first-order valence-corrected chi connectivity index (χ1v) is 12.6. The van der Waals surface area contributed by atoms with Crippen molar-refractivity contribution in [3.05, 3.63) is 0 Å². The van der Waals surface area contributed by atoms with Gasteiger partial charge in [0.2, 0.25) is 0 Å². The highest BCUT2D eigenvalue weighted by Crippen LogP contribution is 2.40. The number of carboxylic acid groups (broad SMARTS) is 4. The van der Waals surface area contributed by atoms with Crippen LogP contribution >= 0.6 is 0 Å². The van der Waals surface area contributed by atoms with Crippen LogP contribution in [-0.4, -0.2) is 44.3 Å². The van der Waals surface area contributed by atoms with Crippen LogP contribution in [0.5, 0.6) is 0 Å². The summed E-state index contributed by atoms with van der Waals surface area (Å²) in [6.07, 6.45) is 13.6. The number of carbonyl (C=O) groups is 4. The number of rotatable bonds is 18. The van der Waals surface area contributed by atoms with E-state index in [0.717, 1.165) is 51.4 Å². The second-order valence-corrected chi connectivity index (χ2v) is 9.77. The summed E-state index contributed by atoms with van der Waals surface area (Å²) in [7, 11) is 0. The fraction of sp³-hybridized carbons (Fsp3) is 0.840. The molecule has 0 aromatic carbocycles. The fourth-order valence-corrected chi connectivity index (χ4v) is 5.37. The molecule has 0 aromatic rings. The monoisotopic (exact) mass is 470 g/mol. The summed E-state index contributed by atoms with van der Waals surface area (Å²) in [4.78, 5) is 43.7. The Morgan fingerprint density at radius 3 is 1.52 bits per heavy atom. The molecule has 0 spiro atoms. The molecule has 4 N–H and O–H groups in total. The van der Waals surface area contributed by atoms with Crippen LogP contribution in [0.15, 0.2) is 0 Å². The quantitative estimate of drug-likeness (QED) is 0.156. The summed E-state index contributed by atoms with van der Waals surface area (Å²) in [5.74, 6) is -5.56. The van der Waals surface area contributed by atoms with E-state index in [4.69, 9.17) is 20.4 Å². The van der Waals surface area contributed by atoms with Gasteiger partial charge in [-0.2, -0.15) is 0 Å². The van der Waals surface area contributed by atoms with Gasteiger partial charge in [0.05, 0.1) is 0 Å². The highest BCUT2D eigenvalue weighted by molar-refractivity contribution is 5.93. The highest BCUT2D eigenvalue weighted by atomic mass is 16.4. The van der Waals surface area contributed by atoms with Crippen LogP contribution in [0.25, 0.3) is 0 Å². The minimum Gasteiger partial charge on any atom is -0.481 e.